The van der Waals surface area contributed by atoms with Crippen LogP contribution in [0.3, 0.4) is 0 Å². The zero-order valence-corrected chi connectivity index (χ0v) is 17.6. The molecule has 1 aliphatic carbocycles. The van der Waals surface area contributed by atoms with Crippen molar-refractivity contribution in [3.63, 3.8) is 0 Å². The molecule has 0 radical (unpaired) electrons. The third kappa shape index (κ3) is 4.37. The third-order valence-electron chi connectivity index (χ3n) is 5.43. The minimum atomic E-state index is -0.778. The molecule has 2 aromatic heterocycles. The summed E-state index contributed by atoms with van der Waals surface area (Å²) in [5.41, 5.74) is 2.11. The SMILES string of the molecule is COc1ccc(COC[C@H](O)Cn2cnc3sc4c(c3c2=O)CC[C@@H](C)C4)cc1. The second-order valence-corrected chi connectivity index (χ2v) is 8.83. The Morgan fingerprint density at radius 3 is 2.90 bits per heavy atom. The van der Waals surface area contributed by atoms with Crippen LogP contribution in [-0.2, 0) is 30.7 Å². The highest BCUT2D eigenvalue weighted by molar-refractivity contribution is 7.18. The van der Waals surface area contributed by atoms with E-state index in [1.54, 1.807) is 24.8 Å². The Labute approximate surface area is 173 Å². The van der Waals surface area contributed by atoms with Gasteiger partial charge in [0.05, 0.1) is 44.7 Å². The van der Waals surface area contributed by atoms with Gasteiger partial charge in [0.15, 0.2) is 0 Å². The molecule has 2 heterocycles. The van der Waals surface area contributed by atoms with Crippen LogP contribution in [-0.4, -0.2) is 34.5 Å². The number of aromatic nitrogens is 2. The van der Waals surface area contributed by atoms with Crippen LogP contribution in [0.2, 0.25) is 0 Å². The van der Waals surface area contributed by atoms with E-state index in [1.165, 1.54) is 15.0 Å². The molecule has 7 heteroatoms. The lowest BCUT2D eigenvalue weighted by Gasteiger charge is -2.17. The Kier molecular flexibility index (Phi) is 5.99. The van der Waals surface area contributed by atoms with E-state index in [0.717, 1.165) is 40.8 Å². The van der Waals surface area contributed by atoms with Gasteiger partial charge in [-0.05, 0) is 48.4 Å². The van der Waals surface area contributed by atoms with Crippen molar-refractivity contribution in [3.05, 3.63) is 57.0 Å². The molecular weight excluding hydrogens is 388 g/mol. The molecule has 0 spiro atoms. The van der Waals surface area contributed by atoms with Crippen LogP contribution in [0, 0.1) is 5.92 Å². The number of nitrogens with zero attached hydrogens (tertiary/aromatic N) is 2. The second kappa shape index (κ2) is 8.65. The highest BCUT2D eigenvalue weighted by Gasteiger charge is 2.23. The number of methoxy groups -OCH3 is 1. The van der Waals surface area contributed by atoms with Crippen molar-refractivity contribution in [1.82, 2.24) is 9.55 Å². The summed E-state index contributed by atoms with van der Waals surface area (Å²) >= 11 is 1.64. The largest absolute Gasteiger partial charge is 0.497 e. The Bertz CT molecular complexity index is 1040. The number of ether oxygens (including phenoxy) is 2. The van der Waals surface area contributed by atoms with Crippen molar-refractivity contribution in [2.45, 2.75) is 45.4 Å². The molecule has 1 aliphatic rings. The van der Waals surface area contributed by atoms with E-state index in [1.807, 2.05) is 24.3 Å². The number of fused-ring (bicyclic) bond motifs is 3. The topological polar surface area (TPSA) is 73.6 Å². The number of aryl methyl sites for hydroxylation is 1. The van der Waals surface area contributed by atoms with Gasteiger partial charge in [-0.25, -0.2) is 4.98 Å². The maximum Gasteiger partial charge on any atom is 0.262 e. The summed E-state index contributed by atoms with van der Waals surface area (Å²) in [4.78, 5) is 19.6. The van der Waals surface area contributed by atoms with Crippen molar-refractivity contribution < 1.29 is 14.6 Å². The van der Waals surface area contributed by atoms with Crippen LogP contribution in [0.1, 0.15) is 29.3 Å². The first-order valence-electron chi connectivity index (χ1n) is 9.93. The van der Waals surface area contributed by atoms with Crippen LogP contribution >= 0.6 is 11.3 Å². The maximum absolute atomic E-state index is 13.0. The van der Waals surface area contributed by atoms with Gasteiger partial charge in [-0.1, -0.05) is 19.1 Å². The highest BCUT2D eigenvalue weighted by Crippen LogP contribution is 2.35. The van der Waals surface area contributed by atoms with Crippen LogP contribution in [0.25, 0.3) is 10.2 Å². The summed E-state index contributed by atoms with van der Waals surface area (Å²) in [6.07, 6.45) is 3.83. The summed E-state index contributed by atoms with van der Waals surface area (Å²) in [6.45, 7) is 2.96. The summed E-state index contributed by atoms with van der Waals surface area (Å²) in [6, 6.07) is 7.60. The van der Waals surface area contributed by atoms with E-state index in [-0.39, 0.29) is 18.7 Å². The lowest BCUT2D eigenvalue weighted by Crippen LogP contribution is -2.29. The average Bonchev–Trinajstić information content (AvgIpc) is 3.09. The quantitative estimate of drug-likeness (QED) is 0.643. The molecule has 0 bridgehead atoms. The summed E-state index contributed by atoms with van der Waals surface area (Å²) in [5, 5.41) is 11.1. The van der Waals surface area contributed by atoms with Crippen molar-refractivity contribution in [2.75, 3.05) is 13.7 Å². The molecule has 0 saturated heterocycles. The molecule has 6 nitrogen and oxygen atoms in total. The molecule has 154 valence electrons. The zero-order valence-electron chi connectivity index (χ0n) is 16.8. The highest BCUT2D eigenvalue weighted by atomic mass is 32.1. The Morgan fingerprint density at radius 2 is 2.14 bits per heavy atom. The molecule has 0 fully saturated rings. The van der Waals surface area contributed by atoms with Gasteiger partial charge in [-0.3, -0.25) is 9.36 Å². The van der Waals surface area contributed by atoms with Crippen LogP contribution in [0.15, 0.2) is 35.4 Å². The van der Waals surface area contributed by atoms with Gasteiger partial charge in [-0.2, -0.15) is 0 Å². The van der Waals surface area contributed by atoms with Crippen molar-refractivity contribution in [1.29, 1.82) is 0 Å². The molecule has 3 aromatic rings. The standard InChI is InChI=1S/C22H26N2O4S/c1-14-3-8-18-19(9-14)29-21-20(18)22(26)24(13-23-21)10-16(25)12-28-11-15-4-6-17(27-2)7-5-15/h4-7,13-14,16,25H,3,8-12H2,1-2H3/t14-,16-/m1/s1. The number of thiophene rings is 1. The number of aliphatic hydroxyl groups is 1. The summed E-state index contributed by atoms with van der Waals surface area (Å²) in [5.74, 6) is 1.45. The molecule has 4 rings (SSSR count). The number of benzene rings is 1. The molecule has 2 atom stereocenters. The van der Waals surface area contributed by atoms with Crippen LogP contribution in [0.4, 0.5) is 0 Å². The van der Waals surface area contributed by atoms with Gasteiger partial charge < -0.3 is 14.6 Å². The van der Waals surface area contributed by atoms with Gasteiger partial charge in [0.1, 0.15) is 10.6 Å². The Hall–Kier alpha value is -2.22. The van der Waals surface area contributed by atoms with E-state index in [0.29, 0.717) is 12.5 Å². The fraction of sp³-hybridized carbons (Fsp3) is 0.455. The molecule has 29 heavy (non-hydrogen) atoms. The van der Waals surface area contributed by atoms with E-state index in [2.05, 4.69) is 11.9 Å². The number of hydrogen-bond donors (Lipinski definition) is 1. The van der Waals surface area contributed by atoms with E-state index >= 15 is 0 Å². The Morgan fingerprint density at radius 1 is 1.34 bits per heavy atom. The van der Waals surface area contributed by atoms with E-state index in [4.69, 9.17) is 9.47 Å². The normalized spacial score (nSPS) is 17.3. The lowest BCUT2D eigenvalue weighted by atomic mass is 9.89. The van der Waals surface area contributed by atoms with Gasteiger partial charge in [0.2, 0.25) is 0 Å². The van der Waals surface area contributed by atoms with Crippen LogP contribution in [0.5, 0.6) is 5.75 Å². The number of hydrogen-bond acceptors (Lipinski definition) is 6. The average molecular weight is 415 g/mol. The fourth-order valence-corrected chi connectivity index (χ4v) is 5.15. The third-order valence-corrected chi connectivity index (χ3v) is 6.59. The van der Waals surface area contributed by atoms with Gasteiger partial charge in [-0.15, -0.1) is 11.3 Å². The van der Waals surface area contributed by atoms with Crippen molar-refractivity contribution in [3.8, 4) is 5.75 Å². The number of aliphatic hydroxyl groups excluding tert-OH is 1. The molecule has 1 N–H and O–H groups in total. The predicted octanol–water partition coefficient (Wildman–Crippen LogP) is 3.17. The zero-order chi connectivity index (χ0) is 20.4. The molecule has 0 saturated carbocycles. The minimum absolute atomic E-state index is 0.0590. The first-order chi connectivity index (χ1) is 14.0. The molecule has 0 amide bonds. The molecule has 1 aromatic carbocycles. The smallest absolute Gasteiger partial charge is 0.262 e. The second-order valence-electron chi connectivity index (χ2n) is 7.75. The predicted molar refractivity (Wildman–Crippen MR) is 114 cm³/mol. The summed E-state index contributed by atoms with van der Waals surface area (Å²) in [7, 11) is 1.63. The van der Waals surface area contributed by atoms with Crippen LogP contribution < -0.4 is 10.3 Å². The maximum atomic E-state index is 13.0. The summed E-state index contributed by atoms with van der Waals surface area (Å²) < 4.78 is 12.3. The first-order valence-corrected chi connectivity index (χ1v) is 10.7. The van der Waals surface area contributed by atoms with Gasteiger partial charge in [0.25, 0.3) is 5.56 Å². The molecule has 0 unspecified atom stereocenters. The minimum Gasteiger partial charge on any atom is -0.497 e. The number of rotatable bonds is 7. The fourth-order valence-electron chi connectivity index (χ4n) is 3.81. The lowest BCUT2D eigenvalue weighted by molar-refractivity contribution is 0.0198. The van der Waals surface area contributed by atoms with E-state index in [9.17, 15) is 9.90 Å². The van der Waals surface area contributed by atoms with E-state index < -0.39 is 6.10 Å². The Balaban J connectivity index is 1.40. The monoisotopic (exact) mass is 414 g/mol. The van der Waals surface area contributed by atoms with Gasteiger partial charge >= 0.3 is 0 Å². The first kappa shape index (κ1) is 20.1. The van der Waals surface area contributed by atoms with Gasteiger partial charge in [0, 0.05) is 4.88 Å². The van der Waals surface area contributed by atoms with Crippen molar-refractivity contribution >= 4 is 21.6 Å². The molecular formula is C22H26N2O4S. The van der Waals surface area contributed by atoms with Crippen molar-refractivity contribution in [2.24, 2.45) is 5.92 Å². The molecule has 0 aliphatic heterocycles.